The third-order valence-electron chi connectivity index (χ3n) is 15.9. The molecular weight excluding hydrogens is 805 g/mol. The molecule has 0 saturated carbocycles. The molecular formula is C67H70. The van der Waals surface area contributed by atoms with E-state index in [1.807, 2.05) is 0 Å². The Hall–Kier alpha value is -5.72. The monoisotopic (exact) mass is 875 g/mol. The lowest BCUT2D eigenvalue weighted by Gasteiger charge is -2.28. The highest BCUT2D eigenvalue weighted by Crippen LogP contribution is 2.57. The maximum atomic E-state index is 2.64. The maximum absolute atomic E-state index is 2.64. The second-order valence-corrected chi connectivity index (χ2v) is 25.9. The molecule has 0 bridgehead atoms. The first-order chi connectivity index (χ1) is 31.3. The lowest BCUT2D eigenvalue weighted by Crippen LogP contribution is -2.16. The Bertz CT molecular complexity index is 3650. The Balaban J connectivity index is 1.49. The van der Waals surface area contributed by atoms with Crippen molar-refractivity contribution in [3.63, 3.8) is 0 Å². The fourth-order valence-corrected chi connectivity index (χ4v) is 11.9. The van der Waals surface area contributed by atoms with Crippen LogP contribution < -0.4 is 0 Å². The molecule has 1 aliphatic rings. The van der Waals surface area contributed by atoms with Crippen molar-refractivity contribution in [2.75, 3.05) is 0 Å². The van der Waals surface area contributed by atoms with Crippen LogP contribution in [0.1, 0.15) is 162 Å². The van der Waals surface area contributed by atoms with E-state index in [-0.39, 0.29) is 27.1 Å². The highest BCUT2D eigenvalue weighted by Gasteiger charge is 2.32. The molecule has 1 unspecified atom stereocenters. The average Bonchev–Trinajstić information content (AvgIpc) is 3.74. The van der Waals surface area contributed by atoms with Crippen LogP contribution in [0.5, 0.6) is 0 Å². The number of hydrogen-bond acceptors (Lipinski definition) is 0. The molecule has 0 heterocycles. The third kappa shape index (κ3) is 6.66. The van der Waals surface area contributed by atoms with E-state index in [1.54, 1.807) is 0 Å². The summed E-state index contributed by atoms with van der Waals surface area (Å²) >= 11 is 0. The topological polar surface area (TPSA) is 0 Å². The molecule has 67 heavy (non-hydrogen) atoms. The van der Waals surface area contributed by atoms with E-state index in [1.165, 1.54) is 137 Å². The van der Waals surface area contributed by atoms with Crippen LogP contribution in [0.2, 0.25) is 0 Å². The van der Waals surface area contributed by atoms with Crippen LogP contribution in [0, 0.1) is 0 Å². The smallest absolute Gasteiger partial charge is 0.000697 e. The van der Waals surface area contributed by atoms with E-state index in [2.05, 4.69) is 226 Å². The van der Waals surface area contributed by atoms with E-state index in [9.17, 15) is 0 Å². The molecule has 1 atom stereocenters. The van der Waals surface area contributed by atoms with Crippen molar-refractivity contribution >= 4 is 81.5 Å². The van der Waals surface area contributed by atoms with Gasteiger partial charge in [-0.05, 0) is 194 Å². The highest BCUT2D eigenvalue weighted by atomic mass is 14.3. The molecule has 0 N–H and O–H groups in total. The number of benzene rings is 8. The fourth-order valence-electron chi connectivity index (χ4n) is 11.9. The minimum Gasteiger partial charge on any atom is -0.0833 e. The lowest BCUT2D eigenvalue weighted by atomic mass is 9.76. The van der Waals surface area contributed by atoms with Crippen LogP contribution in [0.15, 0.2) is 109 Å². The molecule has 11 rings (SSSR count). The normalized spacial score (nSPS) is 15.5. The van der Waals surface area contributed by atoms with Crippen LogP contribution in [-0.2, 0) is 27.1 Å². The molecule has 10 aromatic carbocycles. The van der Waals surface area contributed by atoms with Crippen LogP contribution in [-0.4, -0.2) is 0 Å². The predicted octanol–water partition coefficient (Wildman–Crippen LogP) is 20.0. The molecule has 0 amide bonds. The summed E-state index contributed by atoms with van der Waals surface area (Å²) < 4.78 is 0. The van der Waals surface area contributed by atoms with Crippen molar-refractivity contribution < 1.29 is 0 Å². The second kappa shape index (κ2) is 14.2. The van der Waals surface area contributed by atoms with Gasteiger partial charge in [0.25, 0.3) is 0 Å². The minimum atomic E-state index is -0.0492. The Morgan fingerprint density at radius 1 is 0.343 bits per heavy atom. The van der Waals surface area contributed by atoms with Crippen molar-refractivity contribution in [3.8, 4) is 22.3 Å². The molecule has 0 aromatic heterocycles. The quantitative estimate of drug-likeness (QED) is 0.152. The van der Waals surface area contributed by atoms with Gasteiger partial charge in [-0.2, -0.15) is 0 Å². The molecule has 338 valence electrons. The zero-order valence-corrected chi connectivity index (χ0v) is 43.3. The first-order valence-electron chi connectivity index (χ1n) is 25.1. The van der Waals surface area contributed by atoms with Gasteiger partial charge in [0.05, 0.1) is 0 Å². The number of fused-ring (bicyclic) bond motifs is 10. The lowest BCUT2D eigenvalue weighted by molar-refractivity contribution is 0.568. The summed E-state index contributed by atoms with van der Waals surface area (Å²) in [6.45, 7) is 38.0. The third-order valence-corrected chi connectivity index (χ3v) is 15.9. The first-order valence-corrected chi connectivity index (χ1v) is 25.1. The molecule has 1 aliphatic carbocycles. The van der Waals surface area contributed by atoms with E-state index in [0.29, 0.717) is 5.92 Å². The Morgan fingerprint density at radius 3 is 1.37 bits per heavy atom. The Kier molecular flexibility index (Phi) is 9.27. The second-order valence-electron chi connectivity index (χ2n) is 25.9. The van der Waals surface area contributed by atoms with Gasteiger partial charge in [-0.1, -0.05) is 208 Å². The molecule has 0 fully saturated rings. The number of hydrogen-bond donors (Lipinski definition) is 0. The zero-order valence-electron chi connectivity index (χ0n) is 43.3. The van der Waals surface area contributed by atoms with E-state index in [0.717, 1.165) is 6.42 Å². The number of allylic oxidation sites excluding steroid dienone is 1. The van der Waals surface area contributed by atoms with Crippen LogP contribution in [0.25, 0.3) is 104 Å². The van der Waals surface area contributed by atoms with Gasteiger partial charge in [0.1, 0.15) is 0 Å². The summed E-state index contributed by atoms with van der Waals surface area (Å²) in [5, 5.41) is 19.2. The SMILES string of the molecule is CC1CC=Cc2cc3c4c(-c5cc(C(C)(C)C)cc(C(C)(C)C)c5)c5c(cc6c7ccc(C(C)(C)C)cc7c7cccc5c76)c(-c5cc(C(C)(C)C)cc(C(C)(C)C)c5)c4c4cccc(c21)c43. The summed E-state index contributed by atoms with van der Waals surface area (Å²) in [5.41, 5.74) is 15.0. The van der Waals surface area contributed by atoms with Crippen LogP contribution in [0.4, 0.5) is 0 Å². The van der Waals surface area contributed by atoms with Gasteiger partial charge in [-0.25, -0.2) is 0 Å². The molecule has 0 aliphatic heterocycles. The van der Waals surface area contributed by atoms with E-state index < -0.39 is 0 Å². The first kappa shape index (κ1) is 43.8. The average molecular weight is 875 g/mol. The summed E-state index contributed by atoms with van der Waals surface area (Å²) in [7, 11) is 0. The maximum Gasteiger partial charge on any atom is -0.000697 e. The van der Waals surface area contributed by atoms with E-state index in [4.69, 9.17) is 0 Å². The van der Waals surface area contributed by atoms with Gasteiger partial charge in [-0.15, -0.1) is 0 Å². The van der Waals surface area contributed by atoms with Gasteiger partial charge >= 0.3 is 0 Å². The van der Waals surface area contributed by atoms with Gasteiger partial charge < -0.3 is 0 Å². The Morgan fingerprint density at radius 2 is 0.821 bits per heavy atom. The summed E-state index contributed by atoms with van der Waals surface area (Å²) in [6, 6.07) is 42.2. The molecule has 0 saturated heterocycles. The number of rotatable bonds is 2. The van der Waals surface area contributed by atoms with E-state index >= 15 is 0 Å². The van der Waals surface area contributed by atoms with Crippen molar-refractivity contribution in [2.24, 2.45) is 0 Å². The highest BCUT2D eigenvalue weighted by molar-refractivity contribution is 6.45. The standard InChI is InChI=1S/C67H70/c1-37-20-17-21-38-32-53-59-48(55(37)38)23-19-25-50(59)61-56(39-28-42(64(5,6)7)33-43(29-39)65(8,9)10)54-36-52-46-27-26-41(63(2,3)4)35-51(46)47-22-18-24-49(58(47)52)60(54)57(62(53)61)40-30-44(66(11,12)13)34-45(31-40)67(14,15)16/h17-19,21-37H,20H2,1-16H3. The fraction of sp³-hybridized carbons (Fsp3) is 0.343. The van der Waals surface area contributed by atoms with Gasteiger partial charge in [-0.3, -0.25) is 0 Å². The van der Waals surface area contributed by atoms with Gasteiger partial charge in [0, 0.05) is 0 Å². The van der Waals surface area contributed by atoms with Crippen LogP contribution >= 0.6 is 0 Å². The summed E-state index contributed by atoms with van der Waals surface area (Å²) in [5.74, 6) is 0.447. The van der Waals surface area contributed by atoms with Crippen molar-refractivity contribution in [2.45, 2.75) is 150 Å². The summed E-state index contributed by atoms with van der Waals surface area (Å²) in [4.78, 5) is 0. The zero-order chi connectivity index (χ0) is 47.7. The van der Waals surface area contributed by atoms with Crippen LogP contribution in [0.3, 0.4) is 0 Å². The Labute approximate surface area is 400 Å². The summed E-state index contributed by atoms with van der Waals surface area (Å²) in [6.07, 6.45) is 5.89. The van der Waals surface area contributed by atoms with Gasteiger partial charge in [0.2, 0.25) is 0 Å². The minimum absolute atomic E-state index is 0.0375. The van der Waals surface area contributed by atoms with Gasteiger partial charge in [0.15, 0.2) is 0 Å². The van der Waals surface area contributed by atoms with Crippen molar-refractivity contribution in [1.29, 1.82) is 0 Å². The molecule has 0 heteroatoms. The molecule has 10 aromatic rings. The molecule has 0 nitrogen and oxygen atoms in total. The van der Waals surface area contributed by atoms with Crippen molar-refractivity contribution in [1.82, 2.24) is 0 Å². The predicted molar refractivity (Wildman–Crippen MR) is 298 cm³/mol. The largest absolute Gasteiger partial charge is 0.0833 e. The molecule has 0 radical (unpaired) electrons. The van der Waals surface area contributed by atoms with Crippen molar-refractivity contribution in [3.05, 3.63) is 148 Å². The molecule has 0 spiro atoms.